The highest BCUT2D eigenvalue weighted by Crippen LogP contribution is 2.45. The van der Waals surface area contributed by atoms with Crippen LogP contribution in [0.25, 0.3) is 0 Å². The Balaban J connectivity index is 1.80. The first-order chi connectivity index (χ1) is 13.6. The Morgan fingerprint density at radius 3 is 2.21 bits per heavy atom. The van der Waals surface area contributed by atoms with E-state index in [4.69, 9.17) is 23.2 Å². The molecule has 142 valence electrons. The van der Waals surface area contributed by atoms with E-state index in [2.05, 4.69) is 5.32 Å². The molecule has 6 heteroatoms. The van der Waals surface area contributed by atoms with Gasteiger partial charge in [0.1, 0.15) is 0 Å². The zero-order valence-corrected chi connectivity index (χ0v) is 16.4. The van der Waals surface area contributed by atoms with Gasteiger partial charge >= 0.3 is 0 Å². The lowest BCUT2D eigenvalue weighted by molar-refractivity contribution is -0.123. The van der Waals surface area contributed by atoms with Crippen molar-refractivity contribution >= 4 is 40.5 Å². The molecule has 0 fully saturated rings. The molecule has 1 heterocycles. The highest BCUT2D eigenvalue weighted by atomic mass is 35.5. The fourth-order valence-electron chi connectivity index (χ4n) is 3.59. The quantitative estimate of drug-likeness (QED) is 0.630. The fourth-order valence-corrected chi connectivity index (χ4v) is 4.08. The average molecular weight is 413 g/mol. The van der Waals surface area contributed by atoms with Gasteiger partial charge in [0, 0.05) is 5.56 Å². The molecular weight excluding hydrogens is 395 g/mol. The Hall–Kier alpha value is -2.53. The van der Waals surface area contributed by atoms with Crippen molar-refractivity contribution in [3.8, 4) is 0 Å². The molecule has 0 saturated heterocycles. The van der Waals surface area contributed by atoms with Crippen LogP contribution in [0.5, 0.6) is 0 Å². The van der Waals surface area contributed by atoms with Gasteiger partial charge in [-0.05, 0) is 23.8 Å². The van der Waals surface area contributed by atoms with Crippen molar-refractivity contribution in [3.63, 3.8) is 0 Å². The number of para-hydroxylation sites is 2. The van der Waals surface area contributed by atoms with E-state index >= 15 is 0 Å². The van der Waals surface area contributed by atoms with Crippen molar-refractivity contribution in [1.82, 2.24) is 0 Å². The highest BCUT2D eigenvalue weighted by Gasteiger charge is 2.51. The van der Waals surface area contributed by atoms with Crippen molar-refractivity contribution in [2.45, 2.75) is 12.1 Å². The monoisotopic (exact) mass is 412 g/mol. The lowest BCUT2D eigenvalue weighted by atomic mass is 9.91. The minimum Gasteiger partial charge on any atom is -0.393 e. The Bertz CT molecular complexity index is 1010. The summed E-state index contributed by atoms with van der Waals surface area (Å²) in [5.41, 5.74) is 1.50. The smallest absolute Gasteiger partial charge is 0.260 e. The molecule has 4 nitrogen and oxygen atoms in total. The van der Waals surface area contributed by atoms with E-state index in [0.717, 1.165) is 11.3 Å². The van der Waals surface area contributed by atoms with Crippen LogP contribution in [0, 0.1) is 0 Å². The van der Waals surface area contributed by atoms with E-state index in [1.807, 2.05) is 54.6 Å². The maximum absolute atomic E-state index is 13.6. The summed E-state index contributed by atoms with van der Waals surface area (Å²) in [4.78, 5) is 15.2. The van der Waals surface area contributed by atoms with E-state index < -0.39 is 12.1 Å². The summed E-state index contributed by atoms with van der Waals surface area (Å²) in [6.07, 6.45) is 0. The molecule has 4 rings (SSSR count). The van der Waals surface area contributed by atoms with E-state index in [1.165, 1.54) is 0 Å². The Kier molecular flexibility index (Phi) is 5.02. The summed E-state index contributed by atoms with van der Waals surface area (Å²) in [7, 11) is 0. The Labute approximate surface area is 173 Å². The summed E-state index contributed by atoms with van der Waals surface area (Å²) in [5, 5.41) is 14.3. The molecule has 0 spiro atoms. The van der Waals surface area contributed by atoms with E-state index in [9.17, 15) is 9.90 Å². The number of nitrogens with zero attached hydrogens (tertiary/aromatic N) is 1. The zero-order valence-electron chi connectivity index (χ0n) is 14.9. The number of carbonyl (C=O) groups excluding carboxylic acids is 1. The van der Waals surface area contributed by atoms with Crippen LogP contribution in [0.15, 0.2) is 72.8 Å². The predicted octanol–water partition coefficient (Wildman–Crippen LogP) is 4.84. The second-order valence-electron chi connectivity index (χ2n) is 6.68. The van der Waals surface area contributed by atoms with Gasteiger partial charge < -0.3 is 15.3 Å². The summed E-state index contributed by atoms with van der Waals surface area (Å²) in [6.45, 7) is -0.0357. The molecule has 1 amide bonds. The summed E-state index contributed by atoms with van der Waals surface area (Å²) >= 11 is 12.6. The van der Waals surface area contributed by atoms with Gasteiger partial charge in [0.2, 0.25) is 0 Å². The molecule has 0 bridgehead atoms. The molecular formula is C22H18Cl2N2O2. The molecule has 28 heavy (non-hydrogen) atoms. The van der Waals surface area contributed by atoms with Gasteiger partial charge in [0.05, 0.1) is 34.6 Å². The third kappa shape index (κ3) is 3.04. The SMILES string of the molecule is O=C1N(Cc2ccccc2)c2ccccc2C1(CO)Nc1c(Cl)cccc1Cl. The topological polar surface area (TPSA) is 52.6 Å². The van der Waals surface area contributed by atoms with Crippen LogP contribution in [-0.2, 0) is 16.9 Å². The summed E-state index contributed by atoms with van der Waals surface area (Å²) in [6, 6.07) is 22.3. The van der Waals surface area contributed by atoms with Crippen molar-refractivity contribution in [2.24, 2.45) is 0 Å². The molecule has 1 unspecified atom stereocenters. The van der Waals surface area contributed by atoms with Gasteiger partial charge in [-0.1, -0.05) is 77.8 Å². The van der Waals surface area contributed by atoms with Crippen molar-refractivity contribution in [3.05, 3.63) is 94.0 Å². The molecule has 0 aliphatic carbocycles. The molecule has 2 N–H and O–H groups in total. The number of hydrogen-bond acceptors (Lipinski definition) is 3. The third-order valence-electron chi connectivity index (χ3n) is 4.99. The van der Waals surface area contributed by atoms with E-state index in [-0.39, 0.29) is 5.91 Å². The van der Waals surface area contributed by atoms with Gasteiger partial charge in [-0.3, -0.25) is 4.79 Å². The summed E-state index contributed by atoms with van der Waals surface area (Å²) in [5.74, 6) is -0.254. The molecule has 1 aliphatic heterocycles. The van der Waals surface area contributed by atoms with Crippen LogP contribution in [0.2, 0.25) is 10.0 Å². The van der Waals surface area contributed by atoms with Crippen LogP contribution in [0.1, 0.15) is 11.1 Å². The fraction of sp³-hybridized carbons (Fsp3) is 0.136. The van der Waals surface area contributed by atoms with Gasteiger partial charge in [-0.2, -0.15) is 0 Å². The predicted molar refractivity (Wildman–Crippen MR) is 113 cm³/mol. The molecule has 3 aromatic rings. The van der Waals surface area contributed by atoms with Crippen molar-refractivity contribution in [2.75, 3.05) is 16.8 Å². The standard InChI is InChI=1S/C22H18Cl2N2O2/c23-17-10-6-11-18(24)20(17)25-22(14-27)16-9-4-5-12-19(16)26(21(22)28)13-15-7-2-1-3-8-15/h1-12,25,27H,13-14H2. The van der Waals surface area contributed by atoms with Crippen LogP contribution in [-0.4, -0.2) is 17.6 Å². The minimum absolute atomic E-state index is 0.254. The number of aliphatic hydroxyl groups is 1. The molecule has 0 aromatic heterocycles. The number of anilines is 2. The normalized spacial score (nSPS) is 18.2. The van der Waals surface area contributed by atoms with Gasteiger partial charge in [-0.25, -0.2) is 0 Å². The number of fused-ring (bicyclic) bond motifs is 1. The number of benzene rings is 3. The van der Waals surface area contributed by atoms with Crippen LogP contribution < -0.4 is 10.2 Å². The lowest BCUT2D eigenvalue weighted by Gasteiger charge is -2.30. The van der Waals surface area contributed by atoms with Crippen LogP contribution in [0.3, 0.4) is 0 Å². The number of aliphatic hydroxyl groups excluding tert-OH is 1. The second-order valence-corrected chi connectivity index (χ2v) is 7.49. The third-order valence-corrected chi connectivity index (χ3v) is 5.62. The number of halogens is 2. The van der Waals surface area contributed by atoms with Gasteiger partial charge in [0.25, 0.3) is 5.91 Å². The van der Waals surface area contributed by atoms with Crippen LogP contribution >= 0.6 is 23.2 Å². The van der Waals surface area contributed by atoms with Crippen LogP contribution in [0.4, 0.5) is 11.4 Å². The second kappa shape index (κ2) is 7.47. The summed E-state index contributed by atoms with van der Waals surface area (Å²) < 4.78 is 0. The van der Waals surface area contributed by atoms with Gasteiger partial charge in [-0.15, -0.1) is 0 Å². The molecule has 0 radical (unpaired) electrons. The maximum atomic E-state index is 13.6. The minimum atomic E-state index is -1.36. The Morgan fingerprint density at radius 2 is 1.54 bits per heavy atom. The Morgan fingerprint density at radius 1 is 0.893 bits per heavy atom. The first kappa shape index (κ1) is 18.8. The van der Waals surface area contributed by atoms with E-state index in [0.29, 0.717) is 27.8 Å². The molecule has 1 atom stereocenters. The number of nitrogens with one attached hydrogen (secondary N) is 1. The zero-order chi connectivity index (χ0) is 19.7. The number of amides is 1. The number of carbonyl (C=O) groups is 1. The van der Waals surface area contributed by atoms with E-state index in [1.54, 1.807) is 23.1 Å². The first-order valence-electron chi connectivity index (χ1n) is 8.85. The molecule has 3 aromatic carbocycles. The largest absolute Gasteiger partial charge is 0.393 e. The highest BCUT2D eigenvalue weighted by molar-refractivity contribution is 6.39. The number of rotatable bonds is 5. The maximum Gasteiger partial charge on any atom is 0.260 e. The van der Waals surface area contributed by atoms with Crippen molar-refractivity contribution in [1.29, 1.82) is 0 Å². The first-order valence-corrected chi connectivity index (χ1v) is 9.61. The molecule has 1 aliphatic rings. The average Bonchev–Trinajstić information content (AvgIpc) is 2.94. The lowest BCUT2D eigenvalue weighted by Crippen LogP contribution is -2.48. The van der Waals surface area contributed by atoms with Gasteiger partial charge in [0.15, 0.2) is 5.54 Å². The van der Waals surface area contributed by atoms with Crippen molar-refractivity contribution < 1.29 is 9.90 Å². The number of hydrogen-bond donors (Lipinski definition) is 2. The molecule has 0 saturated carbocycles.